The maximum Gasteiger partial charge on any atom is 0.130 e. The first-order valence-electron chi connectivity index (χ1n) is 6.51. The topological polar surface area (TPSA) is 29.9 Å². The summed E-state index contributed by atoms with van der Waals surface area (Å²) >= 11 is 6.23. The van der Waals surface area contributed by atoms with Crippen LogP contribution in [0.2, 0.25) is 5.15 Å². The Kier molecular flexibility index (Phi) is 6.00. The molecule has 1 unspecified atom stereocenters. The van der Waals surface area contributed by atoms with Crippen LogP contribution in [0, 0.1) is 6.92 Å². The summed E-state index contributed by atoms with van der Waals surface area (Å²) in [6, 6.07) is 0.589. The zero-order valence-electron chi connectivity index (χ0n) is 11.4. The summed E-state index contributed by atoms with van der Waals surface area (Å²) in [4.78, 5) is 0. The number of nitrogens with zero attached hydrogens (tertiary/aromatic N) is 2. The van der Waals surface area contributed by atoms with Crippen LogP contribution in [0.5, 0.6) is 0 Å². The second kappa shape index (κ2) is 7.02. The Bertz CT molecular complexity index is 347. The number of nitrogens with one attached hydrogen (secondary N) is 1. The first-order chi connectivity index (χ1) is 8.10. The molecule has 0 radical (unpaired) electrons. The predicted octanol–water partition coefficient (Wildman–Crippen LogP) is 3.09. The van der Waals surface area contributed by atoms with Gasteiger partial charge in [0, 0.05) is 18.7 Å². The molecule has 0 aliphatic carbocycles. The Morgan fingerprint density at radius 2 is 2.12 bits per heavy atom. The third-order valence-corrected chi connectivity index (χ3v) is 3.66. The number of halogens is 1. The van der Waals surface area contributed by atoms with Gasteiger partial charge in [-0.3, -0.25) is 4.68 Å². The molecule has 1 aromatic heterocycles. The largest absolute Gasteiger partial charge is 0.314 e. The summed E-state index contributed by atoms with van der Waals surface area (Å²) in [6.45, 7) is 7.55. The molecule has 1 rings (SSSR count). The van der Waals surface area contributed by atoms with Crippen molar-refractivity contribution in [3.05, 3.63) is 16.4 Å². The van der Waals surface area contributed by atoms with E-state index in [1.807, 2.05) is 14.0 Å². The predicted molar refractivity (Wildman–Crippen MR) is 73.6 cm³/mol. The van der Waals surface area contributed by atoms with Gasteiger partial charge in [-0.25, -0.2) is 0 Å². The van der Waals surface area contributed by atoms with E-state index >= 15 is 0 Å². The lowest BCUT2D eigenvalue weighted by Gasteiger charge is -2.16. The zero-order chi connectivity index (χ0) is 12.8. The lowest BCUT2D eigenvalue weighted by atomic mass is 10.0. The van der Waals surface area contributed by atoms with Gasteiger partial charge in [-0.1, -0.05) is 25.4 Å². The molecule has 0 spiro atoms. The van der Waals surface area contributed by atoms with E-state index < -0.39 is 0 Å². The van der Waals surface area contributed by atoms with Crippen LogP contribution in [0.15, 0.2) is 0 Å². The highest BCUT2D eigenvalue weighted by Gasteiger charge is 2.13. The van der Waals surface area contributed by atoms with Crippen LogP contribution in [-0.2, 0) is 13.5 Å². The second-order valence-corrected chi connectivity index (χ2v) is 4.93. The van der Waals surface area contributed by atoms with E-state index in [-0.39, 0.29) is 0 Å². The molecule has 3 nitrogen and oxygen atoms in total. The Morgan fingerprint density at radius 1 is 1.41 bits per heavy atom. The summed E-state index contributed by atoms with van der Waals surface area (Å²) in [5.41, 5.74) is 2.26. The third kappa shape index (κ3) is 4.00. The average molecular weight is 258 g/mol. The van der Waals surface area contributed by atoms with Gasteiger partial charge < -0.3 is 5.32 Å². The number of aryl methyl sites for hydroxylation is 2. The molecule has 0 aromatic carbocycles. The Labute approximate surface area is 110 Å². The summed E-state index contributed by atoms with van der Waals surface area (Å²) in [6.07, 6.45) is 4.48. The Morgan fingerprint density at radius 3 is 2.59 bits per heavy atom. The van der Waals surface area contributed by atoms with E-state index in [2.05, 4.69) is 24.3 Å². The van der Waals surface area contributed by atoms with Crippen molar-refractivity contribution < 1.29 is 0 Å². The molecule has 1 aromatic rings. The molecular weight excluding hydrogens is 234 g/mol. The van der Waals surface area contributed by atoms with Crippen molar-refractivity contribution in [3.63, 3.8) is 0 Å². The van der Waals surface area contributed by atoms with Crippen molar-refractivity contribution >= 4 is 11.6 Å². The highest BCUT2D eigenvalue weighted by atomic mass is 35.5. The van der Waals surface area contributed by atoms with Crippen LogP contribution in [-0.4, -0.2) is 22.4 Å². The molecule has 1 atom stereocenters. The standard InChI is InChI=1S/C13H24ClN3/c1-5-9-15-11(6-2)7-8-12-10(3)16-17(4)13(12)14/h11,15H,5-9H2,1-4H3. The SMILES string of the molecule is CCCNC(CC)CCc1c(C)nn(C)c1Cl. The number of hydrogen-bond donors (Lipinski definition) is 1. The smallest absolute Gasteiger partial charge is 0.130 e. The van der Waals surface area contributed by atoms with Crippen LogP contribution in [0.1, 0.15) is 44.4 Å². The molecule has 98 valence electrons. The van der Waals surface area contributed by atoms with Gasteiger partial charge in [0.15, 0.2) is 0 Å². The van der Waals surface area contributed by atoms with Crippen LogP contribution in [0.4, 0.5) is 0 Å². The fourth-order valence-electron chi connectivity index (χ4n) is 2.08. The molecule has 0 saturated heterocycles. The average Bonchev–Trinajstić information content (AvgIpc) is 2.55. The lowest BCUT2D eigenvalue weighted by Crippen LogP contribution is -2.29. The Balaban J connectivity index is 2.53. The van der Waals surface area contributed by atoms with E-state index in [0.717, 1.165) is 36.7 Å². The molecule has 17 heavy (non-hydrogen) atoms. The first-order valence-corrected chi connectivity index (χ1v) is 6.89. The molecule has 0 fully saturated rings. The summed E-state index contributed by atoms with van der Waals surface area (Å²) in [5.74, 6) is 0. The van der Waals surface area contributed by atoms with Gasteiger partial charge in [0.05, 0.1) is 5.69 Å². The molecule has 0 aliphatic heterocycles. The zero-order valence-corrected chi connectivity index (χ0v) is 12.1. The molecule has 4 heteroatoms. The van der Waals surface area contributed by atoms with Crippen molar-refractivity contribution in [2.75, 3.05) is 6.54 Å². The van der Waals surface area contributed by atoms with Crippen LogP contribution >= 0.6 is 11.6 Å². The first kappa shape index (κ1) is 14.5. The van der Waals surface area contributed by atoms with Gasteiger partial charge in [-0.05, 0) is 39.2 Å². The van der Waals surface area contributed by atoms with Crippen molar-refractivity contribution in [3.8, 4) is 0 Å². The van der Waals surface area contributed by atoms with E-state index in [0.29, 0.717) is 6.04 Å². The fourth-order valence-corrected chi connectivity index (χ4v) is 2.34. The van der Waals surface area contributed by atoms with E-state index in [1.54, 1.807) is 4.68 Å². The van der Waals surface area contributed by atoms with Gasteiger partial charge in [-0.15, -0.1) is 0 Å². The Hall–Kier alpha value is -0.540. The molecule has 0 amide bonds. The summed E-state index contributed by atoms with van der Waals surface area (Å²) in [5, 5.41) is 8.69. The molecule has 0 aliphatic rings. The van der Waals surface area contributed by atoms with Crippen LogP contribution in [0.25, 0.3) is 0 Å². The number of rotatable bonds is 7. The maximum atomic E-state index is 6.23. The normalized spacial score (nSPS) is 13.0. The minimum Gasteiger partial charge on any atom is -0.314 e. The minimum atomic E-state index is 0.589. The second-order valence-electron chi connectivity index (χ2n) is 4.58. The van der Waals surface area contributed by atoms with Crippen LogP contribution in [0.3, 0.4) is 0 Å². The van der Waals surface area contributed by atoms with Crippen molar-refractivity contribution in [2.24, 2.45) is 7.05 Å². The third-order valence-electron chi connectivity index (χ3n) is 3.19. The van der Waals surface area contributed by atoms with E-state index in [9.17, 15) is 0 Å². The maximum absolute atomic E-state index is 6.23. The molecule has 0 bridgehead atoms. The van der Waals surface area contributed by atoms with E-state index in [4.69, 9.17) is 11.6 Å². The van der Waals surface area contributed by atoms with Gasteiger partial charge in [-0.2, -0.15) is 5.10 Å². The van der Waals surface area contributed by atoms with E-state index in [1.165, 1.54) is 12.0 Å². The van der Waals surface area contributed by atoms with Crippen molar-refractivity contribution in [1.82, 2.24) is 15.1 Å². The fraction of sp³-hybridized carbons (Fsp3) is 0.769. The number of hydrogen-bond acceptors (Lipinski definition) is 2. The number of aromatic nitrogens is 2. The van der Waals surface area contributed by atoms with Gasteiger partial charge in [0.2, 0.25) is 0 Å². The summed E-state index contributed by atoms with van der Waals surface area (Å²) in [7, 11) is 1.89. The summed E-state index contributed by atoms with van der Waals surface area (Å²) < 4.78 is 1.76. The quantitative estimate of drug-likeness (QED) is 0.814. The van der Waals surface area contributed by atoms with Crippen molar-refractivity contribution in [2.45, 2.75) is 52.5 Å². The monoisotopic (exact) mass is 257 g/mol. The lowest BCUT2D eigenvalue weighted by molar-refractivity contribution is 0.468. The molecular formula is C13H24ClN3. The van der Waals surface area contributed by atoms with Gasteiger partial charge >= 0.3 is 0 Å². The van der Waals surface area contributed by atoms with Gasteiger partial charge in [0.1, 0.15) is 5.15 Å². The minimum absolute atomic E-state index is 0.589. The van der Waals surface area contributed by atoms with Crippen molar-refractivity contribution in [1.29, 1.82) is 0 Å². The molecule has 1 N–H and O–H groups in total. The highest BCUT2D eigenvalue weighted by Crippen LogP contribution is 2.21. The molecule has 1 heterocycles. The van der Waals surface area contributed by atoms with Crippen LogP contribution < -0.4 is 5.32 Å². The van der Waals surface area contributed by atoms with Gasteiger partial charge in [0.25, 0.3) is 0 Å². The molecule has 0 saturated carbocycles. The highest BCUT2D eigenvalue weighted by molar-refractivity contribution is 6.30.